The molecule has 3 fully saturated rings. The van der Waals surface area contributed by atoms with Gasteiger partial charge in [0.25, 0.3) is 0 Å². The number of amides is 1. The van der Waals surface area contributed by atoms with Crippen molar-refractivity contribution in [1.82, 2.24) is 5.32 Å². The molecule has 3 N–H and O–H groups in total. The van der Waals surface area contributed by atoms with Crippen LogP contribution >= 0.6 is 0 Å². The van der Waals surface area contributed by atoms with Gasteiger partial charge >= 0.3 is 0 Å². The van der Waals surface area contributed by atoms with Crippen LogP contribution in [0.25, 0.3) is 0 Å². The summed E-state index contributed by atoms with van der Waals surface area (Å²) >= 11 is 0. The normalized spacial score (nSPS) is 35.4. The SMILES string of the molecule is COc1ccc([C@H]2OCCC34C[C@@H](C[C@H]23)C(C)(C)[C@@H]4NC(=O)CCO)cc1O. The lowest BCUT2D eigenvalue weighted by molar-refractivity contribution is -0.137. The third-order valence-electron chi connectivity index (χ3n) is 7.68. The zero-order valence-electron chi connectivity index (χ0n) is 16.9. The molecule has 3 aliphatic rings. The molecule has 1 unspecified atom stereocenters. The second-order valence-electron chi connectivity index (χ2n) is 9.24. The first-order valence-corrected chi connectivity index (χ1v) is 10.2. The Bertz CT molecular complexity index is 763. The highest BCUT2D eigenvalue weighted by atomic mass is 16.5. The van der Waals surface area contributed by atoms with Gasteiger partial charge in [-0.1, -0.05) is 19.9 Å². The van der Waals surface area contributed by atoms with Gasteiger partial charge in [-0.15, -0.1) is 0 Å². The van der Waals surface area contributed by atoms with Crippen LogP contribution in [0.1, 0.15) is 51.2 Å². The highest BCUT2D eigenvalue weighted by molar-refractivity contribution is 5.76. The smallest absolute Gasteiger partial charge is 0.222 e. The van der Waals surface area contributed by atoms with Gasteiger partial charge in [-0.05, 0) is 59.6 Å². The van der Waals surface area contributed by atoms with Crippen molar-refractivity contribution in [3.05, 3.63) is 23.8 Å². The van der Waals surface area contributed by atoms with Gasteiger partial charge in [-0.25, -0.2) is 0 Å². The Kier molecular flexibility index (Phi) is 4.82. The molecule has 28 heavy (non-hydrogen) atoms. The van der Waals surface area contributed by atoms with Crippen LogP contribution in [0.4, 0.5) is 0 Å². The molecule has 1 aromatic rings. The molecule has 6 heteroatoms. The summed E-state index contributed by atoms with van der Waals surface area (Å²) in [5, 5.41) is 22.7. The minimum Gasteiger partial charge on any atom is -0.504 e. The Hall–Kier alpha value is -1.79. The molecule has 1 saturated heterocycles. The molecule has 1 aliphatic heterocycles. The maximum atomic E-state index is 12.4. The first kappa shape index (κ1) is 19.5. The molecule has 2 saturated carbocycles. The number of nitrogens with one attached hydrogen (secondary N) is 1. The summed E-state index contributed by atoms with van der Waals surface area (Å²) in [5.41, 5.74) is 0.983. The number of phenols is 1. The molecule has 2 aliphatic carbocycles. The van der Waals surface area contributed by atoms with E-state index in [0.29, 0.717) is 24.2 Å². The van der Waals surface area contributed by atoms with Gasteiger partial charge < -0.3 is 25.0 Å². The number of hydrogen-bond donors (Lipinski definition) is 3. The average Bonchev–Trinajstić information content (AvgIpc) is 3.14. The fourth-order valence-corrected chi connectivity index (χ4v) is 6.34. The standard InChI is InChI=1S/C22H31NO5/c1-21(2)14-11-15-19(13-4-5-17(27-3)16(25)10-13)28-9-7-22(15,12-14)20(21)23-18(26)6-8-24/h4-5,10,14-15,19-20,24-25H,6-9,11-12H2,1-3H3,(H,23,26)/t14-,15-,19-,20+,22?/m1/s1. The second-order valence-corrected chi connectivity index (χ2v) is 9.24. The summed E-state index contributed by atoms with van der Waals surface area (Å²) in [7, 11) is 1.54. The van der Waals surface area contributed by atoms with Gasteiger partial charge in [0.1, 0.15) is 0 Å². The van der Waals surface area contributed by atoms with Gasteiger partial charge in [0, 0.05) is 19.1 Å². The van der Waals surface area contributed by atoms with Crippen LogP contribution in [0.15, 0.2) is 18.2 Å². The van der Waals surface area contributed by atoms with E-state index >= 15 is 0 Å². The number of hydrogen-bond acceptors (Lipinski definition) is 5. The van der Waals surface area contributed by atoms with Gasteiger partial charge in [0.05, 0.1) is 19.8 Å². The Morgan fingerprint density at radius 1 is 1.39 bits per heavy atom. The second kappa shape index (κ2) is 6.92. The predicted molar refractivity (Wildman–Crippen MR) is 104 cm³/mol. The first-order valence-electron chi connectivity index (χ1n) is 10.2. The van der Waals surface area contributed by atoms with E-state index in [1.807, 2.05) is 6.07 Å². The van der Waals surface area contributed by atoms with E-state index in [1.165, 1.54) is 0 Å². The van der Waals surface area contributed by atoms with Crippen molar-refractivity contribution >= 4 is 5.91 Å². The number of ether oxygens (including phenoxy) is 2. The third kappa shape index (κ3) is 2.80. The number of methoxy groups -OCH3 is 1. The lowest BCUT2D eigenvalue weighted by Crippen LogP contribution is -2.59. The number of fused-ring (bicyclic) bond motifs is 1. The summed E-state index contributed by atoms with van der Waals surface area (Å²) < 4.78 is 11.4. The highest BCUT2D eigenvalue weighted by Gasteiger charge is 2.68. The fraction of sp³-hybridized carbons (Fsp3) is 0.682. The minimum atomic E-state index is -0.129. The molecule has 0 radical (unpaired) electrons. The van der Waals surface area contributed by atoms with E-state index < -0.39 is 0 Å². The van der Waals surface area contributed by atoms with Crippen molar-refractivity contribution in [2.75, 3.05) is 20.3 Å². The van der Waals surface area contributed by atoms with Crippen LogP contribution < -0.4 is 10.1 Å². The summed E-state index contributed by atoms with van der Waals surface area (Å²) in [4.78, 5) is 12.4. The van der Waals surface area contributed by atoms with Crippen LogP contribution in [0.3, 0.4) is 0 Å². The van der Waals surface area contributed by atoms with Crippen molar-refractivity contribution in [3.8, 4) is 11.5 Å². The van der Waals surface area contributed by atoms with Crippen LogP contribution in [0, 0.1) is 22.7 Å². The molecule has 1 amide bonds. The Labute approximate surface area is 166 Å². The zero-order chi connectivity index (χ0) is 20.1. The number of aliphatic hydroxyl groups excluding tert-OH is 1. The van der Waals surface area contributed by atoms with E-state index in [-0.39, 0.29) is 47.7 Å². The number of aromatic hydroxyl groups is 1. The Balaban J connectivity index is 1.66. The molecule has 1 spiro atoms. The predicted octanol–water partition coefficient (Wildman–Crippen LogP) is 2.78. The molecular formula is C22H31NO5. The Morgan fingerprint density at radius 3 is 2.86 bits per heavy atom. The monoisotopic (exact) mass is 389 g/mol. The number of carbonyl (C=O) groups is 1. The molecule has 0 aromatic heterocycles. The summed E-state index contributed by atoms with van der Waals surface area (Å²) in [6, 6.07) is 5.58. The van der Waals surface area contributed by atoms with Crippen molar-refractivity contribution < 1.29 is 24.5 Å². The average molecular weight is 389 g/mol. The molecule has 154 valence electrons. The first-order chi connectivity index (χ1) is 13.3. The van der Waals surface area contributed by atoms with Crippen LogP contribution in [-0.2, 0) is 9.53 Å². The van der Waals surface area contributed by atoms with E-state index in [2.05, 4.69) is 19.2 Å². The topological polar surface area (TPSA) is 88.0 Å². The van der Waals surface area contributed by atoms with Crippen molar-refractivity contribution in [3.63, 3.8) is 0 Å². The Morgan fingerprint density at radius 2 is 2.18 bits per heavy atom. The summed E-state index contributed by atoms with van der Waals surface area (Å²) in [6.45, 7) is 5.03. The van der Waals surface area contributed by atoms with Crippen LogP contribution in [0.2, 0.25) is 0 Å². The number of benzene rings is 1. The molecule has 6 nitrogen and oxygen atoms in total. The van der Waals surface area contributed by atoms with Crippen LogP contribution in [-0.4, -0.2) is 42.5 Å². The molecule has 5 atom stereocenters. The molecule has 2 bridgehead atoms. The van der Waals surface area contributed by atoms with E-state index in [4.69, 9.17) is 14.6 Å². The maximum absolute atomic E-state index is 12.4. The van der Waals surface area contributed by atoms with Crippen LogP contribution in [0.5, 0.6) is 11.5 Å². The largest absolute Gasteiger partial charge is 0.504 e. The number of aliphatic hydroxyl groups is 1. The van der Waals surface area contributed by atoms with Gasteiger partial charge in [-0.2, -0.15) is 0 Å². The maximum Gasteiger partial charge on any atom is 0.222 e. The van der Waals surface area contributed by atoms with Crippen molar-refractivity contribution in [2.24, 2.45) is 22.7 Å². The van der Waals surface area contributed by atoms with Gasteiger partial charge in [-0.3, -0.25) is 4.79 Å². The quantitative estimate of drug-likeness (QED) is 0.721. The number of phenolic OH excluding ortho intramolecular Hbond substituents is 1. The third-order valence-corrected chi connectivity index (χ3v) is 7.68. The van der Waals surface area contributed by atoms with E-state index in [9.17, 15) is 9.90 Å². The van der Waals surface area contributed by atoms with E-state index in [0.717, 1.165) is 24.8 Å². The van der Waals surface area contributed by atoms with Crippen molar-refractivity contribution in [1.29, 1.82) is 0 Å². The number of carbonyl (C=O) groups excluding carboxylic acids is 1. The zero-order valence-corrected chi connectivity index (χ0v) is 16.9. The van der Waals surface area contributed by atoms with Gasteiger partial charge in [0.2, 0.25) is 5.91 Å². The molecule has 4 rings (SSSR count). The van der Waals surface area contributed by atoms with E-state index in [1.54, 1.807) is 19.2 Å². The molecule has 1 aromatic carbocycles. The summed E-state index contributed by atoms with van der Waals surface area (Å²) in [6.07, 6.45) is 3.14. The lowest BCUT2D eigenvalue weighted by Gasteiger charge is -2.53. The lowest BCUT2D eigenvalue weighted by atomic mass is 9.59. The molecule has 1 heterocycles. The molecular weight excluding hydrogens is 358 g/mol. The van der Waals surface area contributed by atoms with Gasteiger partial charge in [0.15, 0.2) is 11.5 Å². The number of rotatable bonds is 5. The highest BCUT2D eigenvalue weighted by Crippen LogP contribution is 2.70. The summed E-state index contributed by atoms with van der Waals surface area (Å²) in [5.74, 6) is 1.32. The van der Waals surface area contributed by atoms with Crippen molar-refractivity contribution in [2.45, 2.75) is 51.7 Å². The minimum absolute atomic E-state index is 0.00224. The fourth-order valence-electron chi connectivity index (χ4n) is 6.34.